The van der Waals surface area contributed by atoms with Crippen molar-refractivity contribution >= 4 is 29.1 Å². The molecule has 6 nitrogen and oxygen atoms in total. The number of anilines is 3. The van der Waals surface area contributed by atoms with Gasteiger partial charge >= 0.3 is 0 Å². The number of phenolic OH excluding ortho intramolecular Hbond substituents is 1. The van der Waals surface area contributed by atoms with E-state index in [0.29, 0.717) is 29.0 Å². The maximum atomic E-state index is 9.47. The predicted octanol–water partition coefficient (Wildman–Crippen LogP) is 3.65. The van der Waals surface area contributed by atoms with Crippen molar-refractivity contribution in [2.75, 3.05) is 23.8 Å². The summed E-state index contributed by atoms with van der Waals surface area (Å²) in [6.07, 6.45) is 0. The third-order valence-electron chi connectivity index (χ3n) is 3.41. The van der Waals surface area contributed by atoms with E-state index in [4.69, 9.17) is 16.7 Å². The van der Waals surface area contributed by atoms with Crippen LogP contribution < -0.4 is 10.6 Å². The summed E-state index contributed by atoms with van der Waals surface area (Å²) in [5.74, 6) is 1.03. The number of nitrogens with zero attached hydrogens (tertiary/aromatic N) is 2. The van der Waals surface area contributed by atoms with Gasteiger partial charge in [0.15, 0.2) is 0 Å². The van der Waals surface area contributed by atoms with Gasteiger partial charge in [-0.25, -0.2) is 4.98 Å². The fourth-order valence-electron chi connectivity index (χ4n) is 2.26. The van der Waals surface area contributed by atoms with E-state index in [1.165, 1.54) is 6.07 Å². The molecular weight excluding hydrogens is 340 g/mol. The summed E-state index contributed by atoms with van der Waals surface area (Å²) in [4.78, 5) is 8.86. The molecule has 0 spiro atoms. The molecular formula is C18H17ClN4O2. The van der Waals surface area contributed by atoms with E-state index >= 15 is 0 Å². The number of hydrogen-bond acceptors (Lipinski definition) is 6. The van der Waals surface area contributed by atoms with Crippen LogP contribution in [0.4, 0.5) is 17.5 Å². The minimum absolute atomic E-state index is 0.0223. The van der Waals surface area contributed by atoms with Gasteiger partial charge in [0.05, 0.1) is 23.0 Å². The summed E-state index contributed by atoms with van der Waals surface area (Å²) >= 11 is 6.15. The molecule has 2 aromatic carbocycles. The Kier molecular flexibility index (Phi) is 5.33. The molecule has 0 aliphatic heterocycles. The zero-order chi connectivity index (χ0) is 17.6. The lowest BCUT2D eigenvalue weighted by Gasteiger charge is -2.12. The first kappa shape index (κ1) is 17.0. The van der Waals surface area contributed by atoms with Crippen molar-refractivity contribution in [3.05, 3.63) is 59.6 Å². The molecule has 3 rings (SSSR count). The highest BCUT2D eigenvalue weighted by Gasteiger charge is 2.09. The van der Waals surface area contributed by atoms with Crippen molar-refractivity contribution in [1.29, 1.82) is 0 Å². The van der Waals surface area contributed by atoms with Crippen LogP contribution in [0.5, 0.6) is 5.75 Å². The third kappa shape index (κ3) is 4.37. The van der Waals surface area contributed by atoms with Gasteiger partial charge in [0.25, 0.3) is 0 Å². The first-order chi connectivity index (χ1) is 12.2. The third-order valence-corrected chi connectivity index (χ3v) is 3.72. The van der Waals surface area contributed by atoms with E-state index in [-0.39, 0.29) is 12.4 Å². The van der Waals surface area contributed by atoms with E-state index in [2.05, 4.69) is 20.6 Å². The standard InChI is InChI=1S/C18H17ClN4O2/c19-14-10-13(25)6-7-15(14)21-17-11-16(12-4-2-1-3-5-12)22-18(23-17)20-8-9-24/h1-7,10-11,24-25H,8-9H2,(H2,20,21,22,23). The van der Waals surface area contributed by atoms with Crippen molar-refractivity contribution in [2.24, 2.45) is 0 Å². The van der Waals surface area contributed by atoms with Gasteiger partial charge in [-0.15, -0.1) is 0 Å². The first-order valence-corrected chi connectivity index (χ1v) is 8.08. The smallest absolute Gasteiger partial charge is 0.225 e. The quantitative estimate of drug-likeness (QED) is 0.504. The molecule has 25 heavy (non-hydrogen) atoms. The van der Waals surface area contributed by atoms with E-state index in [1.54, 1.807) is 12.1 Å². The van der Waals surface area contributed by atoms with Crippen molar-refractivity contribution in [3.8, 4) is 17.0 Å². The van der Waals surface area contributed by atoms with Crippen LogP contribution in [-0.4, -0.2) is 33.3 Å². The molecule has 0 bridgehead atoms. The van der Waals surface area contributed by atoms with Crippen LogP contribution in [-0.2, 0) is 0 Å². The number of aliphatic hydroxyl groups is 1. The van der Waals surface area contributed by atoms with Gasteiger partial charge in [0.1, 0.15) is 11.6 Å². The van der Waals surface area contributed by atoms with Crippen LogP contribution in [0.1, 0.15) is 0 Å². The van der Waals surface area contributed by atoms with Gasteiger partial charge in [-0.3, -0.25) is 0 Å². The summed E-state index contributed by atoms with van der Waals surface area (Å²) in [6.45, 7) is 0.323. The van der Waals surface area contributed by atoms with Crippen LogP contribution in [0.25, 0.3) is 11.3 Å². The number of hydrogen-bond donors (Lipinski definition) is 4. The van der Waals surface area contributed by atoms with Gasteiger partial charge in [-0.05, 0) is 12.1 Å². The molecule has 3 aromatic rings. The molecule has 0 saturated heterocycles. The fraction of sp³-hybridized carbons (Fsp3) is 0.111. The van der Waals surface area contributed by atoms with E-state index in [9.17, 15) is 5.11 Å². The summed E-state index contributed by atoms with van der Waals surface area (Å²) in [5, 5.41) is 25.0. The first-order valence-electron chi connectivity index (χ1n) is 7.70. The summed E-state index contributed by atoms with van der Waals surface area (Å²) in [7, 11) is 0. The van der Waals surface area contributed by atoms with Crippen LogP contribution in [0.15, 0.2) is 54.6 Å². The molecule has 0 saturated carbocycles. The van der Waals surface area contributed by atoms with Crippen molar-refractivity contribution in [3.63, 3.8) is 0 Å². The minimum Gasteiger partial charge on any atom is -0.508 e. The largest absolute Gasteiger partial charge is 0.508 e. The monoisotopic (exact) mass is 356 g/mol. The topological polar surface area (TPSA) is 90.3 Å². The fourth-order valence-corrected chi connectivity index (χ4v) is 2.48. The Morgan fingerprint density at radius 3 is 2.52 bits per heavy atom. The maximum Gasteiger partial charge on any atom is 0.225 e. The average Bonchev–Trinajstić information content (AvgIpc) is 2.63. The Hall–Kier alpha value is -2.83. The number of halogens is 1. The molecule has 0 aliphatic rings. The van der Waals surface area contributed by atoms with Crippen LogP contribution in [0.2, 0.25) is 5.02 Å². The van der Waals surface area contributed by atoms with Crippen molar-refractivity contribution < 1.29 is 10.2 Å². The highest BCUT2D eigenvalue weighted by molar-refractivity contribution is 6.33. The van der Waals surface area contributed by atoms with E-state index in [0.717, 1.165) is 11.3 Å². The normalized spacial score (nSPS) is 10.5. The SMILES string of the molecule is OCCNc1nc(Nc2ccc(O)cc2Cl)cc(-c2ccccc2)n1. The zero-order valence-electron chi connectivity index (χ0n) is 13.3. The van der Waals surface area contributed by atoms with Crippen LogP contribution in [0, 0.1) is 0 Å². The van der Waals surface area contributed by atoms with E-state index in [1.807, 2.05) is 36.4 Å². The number of phenols is 1. The van der Waals surface area contributed by atoms with Gasteiger partial charge in [-0.1, -0.05) is 41.9 Å². The lowest BCUT2D eigenvalue weighted by molar-refractivity contribution is 0.311. The Labute approximate surface area is 150 Å². The molecule has 1 heterocycles. The highest BCUT2D eigenvalue weighted by atomic mass is 35.5. The Bertz CT molecular complexity index is 859. The molecule has 0 fully saturated rings. The predicted molar refractivity (Wildman–Crippen MR) is 99.4 cm³/mol. The summed E-state index contributed by atoms with van der Waals surface area (Å²) in [5.41, 5.74) is 2.29. The molecule has 7 heteroatoms. The van der Waals surface area contributed by atoms with Gasteiger partial charge in [-0.2, -0.15) is 4.98 Å². The maximum absolute atomic E-state index is 9.47. The lowest BCUT2D eigenvalue weighted by Crippen LogP contribution is -2.10. The minimum atomic E-state index is -0.0223. The Morgan fingerprint density at radius 2 is 1.80 bits per heavy atom. The number of aromatic hydroxyl groups is 1. The summed E-state index contributed by atoms with van der Waals surface area (Å²) in [6, 6.07) is 16.2. The van der Waals surface area contributed by atoms with Crippen molar-refractivity contribution in [1.82, 2.24) is 9.97 Å². The molecule has 0 radical (unpaired) electrons. The molecule has 128 valence electrons. The number of aromatic nitrogens is 2. The molecule has 0 unspecified atom stereocenters. The van der Waals surface area contributed by atoms with Crippen molar-refractivity contribution in [2.45, 2.75) is 0 Å². The lowest BCUT2D eigenvalue weighted by atomic mass is 10.1. The summed E-state index contributed by atoms with van der Waals surface area (Å²) < 4.78 is 0. The van der Waals surface area contributed by atoms with Gasteiger partial charge in [0.2, 0.25) is 5.95 Å². The number of rotatable bonds is 6. The molecule has 0 aliphatic carbocycles. The second-order valence-electron chi connectivity index (χ2n) is 5.27. The molecule has 1 aromatic heterocycles. The Balaban J connectivity index is 1.96. The second-order valence-corrected chi connectivity index (χ2v) is 5.67. The van der Waals surface area contributed by atoms with Gasteiger partial charge < -0.3 is 20.8 Å². The van der Waals surface area contributed by atoms with Crippen LogP contribution in [0.3, 0.4) is 0 Å². The second kappa shape index (κ2) is 7.83. The molecule has 0 atom stereocenters. The highest BCUT2D eigenvalue weighted by Crippen LogP contribution is 2.29. The molecule has 4 N–H and O–H groups in total. The average molecular weight is 357 g/mol. The van der Waals surface area contributed by atoms with Gasteiger partial charge in [0, 0.05) is 24.2 Å². The Morgan fingerprint density at radius 1 is 1.00 bits per heavy atom. The number of nitrogens with one attached hydrogen (secondary N) is 2. The molecule has 0 amide bonds. The van der Waals surface area contributed by atoms with E-state index < -0.39 is 0 Å². The van der Waals surface area contributed by atoms with Crippen LogP contribution >= 0.6 is 11.6 Å². The number of benzene rings is 2. The number of aliphatic hydroxyl groups excluding tert-OH is 1. The zero-order valence-corrected chi connectivity index (χ0v) is 14.0.